The van der Waals surface area contributed by atoms with Gasteiger partial charge in [-0.15, -0.1) is 0 Å². The number of para-hydroxylation sites is 2. The minimum atomic E-state index is -3.53. The van der Waals surface area contributed by atoms with Gasteiger partial charge < -0.3 is 10.0 Å². The molecule has 26 heavy (non-hydrogen) atoms. The number of fused-ring (bicyclic) bond motifs is 1. The Hall–Kier alpha value is -2.57. The van der Waals surface area contributed by atoms with E-state index in [9.17, 15) is 13.5 Å². The van der Waals surface area contributed by atoms with E-state index in [1.807, 2.05) is 47.4 Å². The SMILES string of the molecule is O=S(=O)(c1ccc2ccccc2c1)N1CCN(c2ccccc2O)CC1. The van der Waals surface area contributed by atoms with Crippen molar-refractivity contribution in [1.29, 1.82) is 0 Å². The largest absolute Gasteiger partial charge is 0.506 e. The average molecular weight is 368 g/mol. The zero-order chi connectivity index (χ0) is 18.1. The predicted octanol–water partition coefficient (Wildman–Crippen LogP) is 3.06. The molecule has 0 aromatic heterocycles. The number of anilines is 1. The zero-order valence-corrected chi connectivity index (χ0v) is 15.1. The van der Waals surface area contributed by atoms with Gasteiger partial charge in [-0.05, 0) is 35.0 Å². The van der Waals surface area contributed by atoms with Crippen molar-refractivity contribution in [2.75, 3.05) is 31.1 Å². The molecule has 1 aliphatic rings. The molecular weight excluding hydrogens is 348 g/mol. The Morgan fingerprint density at radius 1 is 0.769 bits per heavy atom. The fourth-order valence-corrected chi connectivity index (χ4v) is 4.84. The first kappa shape index (κ1) is 16.9. The zero-order valence-electron chi connectivity index (χ0n) is 14.2. The molecule has 134 valence electrons. The third-order valence-electron chi connectivity index (χ3n) is 4.82. The molecule has 4 rings (SSSR count). The van der Waals surface area contributed by atoms with Crippen LogP contribution in [0.5, 0.6) is 5.75 Å². The lowest BCUT2D eigenvalue weighted by Gasteiger charge is -2.35. The first-order chi connectivity index (χ1) is 12.6. The van der Waals surface area contributed by atoms with Crippen LogP contribution < -0.4 is 4.90 Å². The molecule has 0 saturated carbocycles. The van der Waals surface area contributed by atoms with Gasteiger partial charge in [-0.2, -0.15) is 4.31 Å². The van der Waals surface area contributed by atoms with Gasteiger partial charge in [-0.3, -0.25) is 0 Å². The quantitative estimate of drug-likeness (QED) is 0.772. The Morgan fingerprint density at radius 3 is 2.15 bits per heavy atom. The second kappa shape index (κ2) is 6.63. The van der Waals surface area contributed by atoms with Crippen LogP contribution in [-0.2, 0) is 10.0 Å². The summed E-state index contributed by atoms with van der Waals surface area (Å²) in [6.45, 7) is 1.88. The van der Waals surface area contributed by atoms with Crippen molar-refractivity contribution in [3.63, 3.8) is 0 Å². The third-order valence-corrected chi connectivity index (χ3v) is 6.71. The Kier molecular flexibility index (Phi) is 4.30. The van der Waals surface area contributed by atoms with E-state index in [1.54, 1.807) is 24.3 Å². The molecule has 3 aromatic carbocycles. The molecule has 1 heterocycles. The molecule has 0 amide bonds. The van der Waals surface area contributed by atoms with Crippen molar-refractivity contribution in [3.8, 4) is 5.75 Å². The number of nitrogens with zero attached hydrogens (tertiary/aromatic N) is 2. The molecule has 0 aliphatic carbocycles. The second-order valence-electron chi connectivity index (χ2n) is 6.39. The van der Waals surface area contributed by atoms with E-state index >= 15 is 0 Å². The summed E-state index contributed by atoms with van der Waals surface area (Å²) in [7, 11) is -3.53. The average Bonchev–Trinajstić information content (AvgIpc) is 2.68. The molecule has 6 heteroatoms. The molecule has 0 radical (unpaired) electrons. The minimum absolute atomic E-state index is 0.221. The van der Waals surface area contributed by atoms with Crippen LogP contribution in [0.4, 0.5) is 5.69 Å². The van der Waals surface area contributed by atoms with Crippen LogP contribution in [0.15, 0.2) is 71.6 Å². The highest BCUT2D eigenvalue weighted by Gasteiger charge is 2.29. The number of hydrogen-bond donors (Lipinski definition) is 1. The summed E-state index contributed by atoms with van der Waals surface area (Å²) >= 11 is 0. The topological polar surface area (TPSA) is 60.9 Å². The van der Waals surface area contributed by atoms with Crippen molar-refractivity contribution < 1.29 is 13.5 Å². The van der Waals surface area contributed by atoms with Crippen LogP contribution in [0.1, 0.15) is 0 Å². The minimum Gasteiger partial charge on any atom is -0.506 e. The van der Waals surface area contributed by atoms with E-state index in [0.29, 0.717) is 31.1 Å². The van der Waals surface area contributed by atoms with Crippen molar-refractivity contribution in [1.82, 2.24) is 4.31 Å². The number of piperazine rings is 1. The van der Waals surface area contributed by atoms with Gasteiger partial charge in [0.15, 0.2) is 0 Å². The fourth-order valence-electron chi connectivity index (χ4n) is 3.38. The summed E-state index contributed by atoms with van der Waals surface area (Å²) in [6, 6.07) is 20.1. The van der Waals surface area contributed by atoms with E-state index in [4.69, 9.17) is 0 Å². The number of phenols is 1. The lowest BCUT2D eigenvalue weighted by molar-refractivity contribution is 0.382. The van der Waals surface area contributed by atoms with Gasteiger partial charge in [0.1, 0.15) is 5.75 Å². The summed E-state index contributed by atoms with van der Waals surface area (Å²) in [5.74, 6) is 0.221. The van der Waals surface area contributed by atoms with Crippen molar-refractivity contribution in [3.05, 3.63) is 66.7 Å². The fraction of sp³-hybridized carbons (Fsp3) is 0.200. The molecule has 0 unspecified atom stereocenters. The predicted molar refractivity (Wildman–Crippen MR) is 103 cm³/mol. The highest BCUT2D eigenvalue weighted by atomic mass is 32.2. The van der Waals surface area contributed by atoms with Crippen molar-refractivity contribution in [2.24, 2.45) is 0 Å². The van der Waals surface area contributed by atoms with Gasteiger partial charge in [0, 0.05) is 26.2 Å². The Labute approximate surface area is 153 Å². The van der Waals surface area contributed by atoms with E-state index in [2.05, 4.69) is 0 Å². The lowest BCUT2D eigenvalue weighted by atomic mass is 10.1. The summed E-state index contributed by atoms with van der Waals surface area (Å²) in [5, 5.41) is 11.9. The molecule has 0 spiro atoms. The molecular formula is C20H20N2O3S. The van der Waals surface area contributed by atoms with Gasteiger partial charge in [0.2, 0.25) is 10.0 Å². The Bertz CT molecular complexity index is 1040. The summed E-state index contributed by atoms with van der Waals surface area (Å²) < 4.78 is 27.5. The number of rotatable bonds is 3. The van der Waals surface area contributed by atoms with Gasteiger partial charge in [-0.1, -0.05) is 42.5 Å². The van der Waals surface area contributed by atoms with E-state index in [0.717, 1.165) is 16.5 Å². The van der Waals surface area contributed by atoms with Crippen LogP contribution in [0.2, 0.25) is 0 Å². The molecule has 0 atom stereocenters. The maximum absolute atomic E-state index is 13.0. The maximum atomic E-state index is 13.0. The molecule has 5 nitrogen and oxygen atoms in total. The van der Waals surface area contributed by atoms with Crippen LogP contribution in [-0.4, -0.2) is 44.0 Å². The van der Waals surface area contributed by atoms with Gasteiger partial charge in [0.25, 0.3) is 0 Å². The smallest absolute Gasteiger partial charge is 0.243 e. The Balaban J connectivity index is 1.55. The van der Waals surface area contributed by atoms with Gasteiger partial charge in [-0.25, -0.2) is 8.42 Å². The van der Waals surface area contributed by atoms with Crippen LogP contribution in [0.3, 0.4) is 0 Å². The highest BCUT2D eigenvalue weighted by molar-refractivity contribution is 7.89. The first-order valence-electron chi connectivity index (χ1n) is 8.57. The van der Waals surface area contributed by atoms with Crippen LogP contribution in [0, 0.1) is 0 Å². The lowest BCUT2D eigenvalue weighted by Crippen LogP contribution is -2.48. The molecule has 1 saturated heterocycles. The second-order valence-corrected chi connectivity index (χ2v) is 8.33. The van der Waals surface area contributed by atoms with E-state index in [-0.39, 0.29) is 5.75 Å². The van der Waals surface area contributed by atoms with E-state index in [1.165, 1.54) is 4.31 Å². The summed E-state index contributed by atoms with van der Waals surface area (Å²) in [6.07, 6.45) is 0. The molecule has 3 aromatic rings. The summed E-state index contributed by atoms with van der Waals surface area (Å²) in [5.41, 5.74) is 0.746. The number of hydrogen-bond acceptors (Lipinski definition) is 4. The Morgan fingerprint density at radius 2 is 1.42 bits per heavy atom. The van der Waals surface area contributed by atoms with Crippen LogP contribution in [0.25, 0.3) is 10.8 Å². The third kappa shape index (κ3) is 3.02. The standard InChI is InChI=1S/C20H20N2O3S/c23-20-8-4-3-7-19(20)21-11-13-22(14-12-21)26(24,25)18-10-9-16-5-1-2-6-17(16)15-18/h1-10,15,23H,11-14H2. The van der Waals surface area contributed by atoms with Crippen molar-refractivity contribution >= 4 is 26.5 Å². The number of aromatic hydroxyl groups is 1. The molecule has 1 fully saturated rings. The van der Waals surface area contributed by atoms with Crippen LogP contribution >= 0.6 is 0 Å². The van der Waals surface area contributed by atoms with Crippen molar-refractivity contribution in [2.45, 2.75) is 4.90 Å². The maximum Gasteiger partial charge on any atom is 0.243 e. The summed E-state index contributed by atoms with van der Waals surface area (Å²) in [4.78, 5) is 2.34. The normalized spacial score (nSPS) is 16.1. The number of sulfonamides is 1. The molecule has 1 aliphatic heterocycles. The monoisotopic (exact) mass is 368 g/mol. The highest BCUT2D eigenvalue weighted by Crippen LogP contribution is 2.29. The van der Waals surface area contributed by atoms with E-state index < -0.39 is 10.0 Å². The molecule has 1 N–H and O–H groups in total. The first-order valence-corrected chi connectivity index (χ1v) is 10.0. The van der Waals surface area contributed by atoms with Gasteiger partial charge >= 0.3 is 0 Å². The number of phenolic OH excluding ortho intramolecular Hbond substituents is 1. The number of benzene rings is 3. The molecule has 0 bridgehead atoms. The van der Waals surface area contributed by atoms with Gasteiger partial charge in [0.05, 0.1) is 10.6 Å².